The van der Waals surface area contributed by atoms with Gasteiger partial charge in [-0.05, 0) is 82.4 Å². The summed E-state index contributed by atoms with van der Waals surface area (Å²) in [5.74, 6) is 0. The molecule has 7 aromatic rings. The Morgan fingerprint density at radius 2 is 1.00 bits per heavy atom. The van der Waals surface area contributed by atoms with E-state index in [1.807, 2.05) is 42.5 Å². The molecule has 5 nitrogen and oxygen atoms in total. The lowest BCUT2D eigenvalue weighted by Crippen LogP contribution is -2.36. The number of anilines is 6. The maximum Gasteiger partial charge on any atom is 0.211 e. The molecule has 3 heterocycles. The number of nitrogens with zero attached hydrogens (tertiary/aromatic N) is 3. The van der Waals surface area contributed by atoms with Crippen molar-refractivity contribution in [1.82, 2.24) is 4.98 Å². The number of aromatic nitrogens is 1. The monoisotopic (exact) mass is 637 g/mol. The fraction of sp³-hybridized carbons (Fsp3) is 0.0238. The van der Waals surface area contributed by atoms with Gasteiger partial charge >= 0.3 is 0 Å². The Hall–Kier alpha value is -5.98. The van der Waals surface area contributed by atoms with Crippen molar-refractivity contribution < 1.29 is 8.42 Å². The largest absolute Gasteiger partial charge is 0.310 e. The van der Waals surface area contributed by atoms with Gasteiger partial charge in [-0.15, -0.1) is 0 Å². The van der Waals surface area contributed by atoms with Crippen LogP contribution in [0.5, 0.6) is 0 Å². The topological polar surface area (TPSA) is 53.5 Å². The fourth-order valence-electron chi connectivity index (χ4n) is 8.33. The Balaban J connectivity index is 1.36. The third kappa shape index (κ3) is 3.34. The molecule has 6 aromatic carbocycles. The number of hydrogen-bond donors (Lipinski definition) is 0. The van der Waals surface area contributed by atoms with Crippen molar-refractivity contribution >= 4 is 44.0 Å². The summed E-state index contributed by atoms with van der Waals surface area (Å²) in [5.41, 5.74) is 10.5. The molecule has 3 aliphatic rings. The van der Waals surface area contributed by atoms with Crippen molar-refractivity contribution in [2.45, 2.75) is 15.2 Å². The first-order valence-corrected chi connectivity index (χ1v) is 17.5. The minimum absolute atomic E-state index is 0.292. The third-order valence-corrected chi connectivity index (χ3v) is 12.0. The van der Waals surface area contributed by atoms with Crippen molar-refractivity contribution in [2.24, 2.45) is 0 Å². The van der Waals surface area contributed by atoms with Crippen LogP contribution in [-0.4, -0.2) is 13.4 Å². The first kappa shape index (κ1) is 27.2. The van der Waals surface area contributed by atoms with E-state index < -0.39 is 15.3 Å². The third-order valence-electron chi connectivity index (χ3n) is 10.1. The molecule has 0 saturated carbocycles. The Bertz CT molecular complexity index is 2500. The normalized spacial score (nSPS) is 15.5. The van der Waals surface area contributed by atoms with Crippen molar-refractivity contribution in [3.05, 3.63) is 186 Å². The van der Waals surface area contributed by atoms with Crippen LogP contribution in [0.4, 0.5) is 34.1 Å². The smallest absolute Gasteiger partial charge is 0.211 e. The minimum atomic E-state index is -3.94. The van der Waals surface area contributed by atoms with E-state index in [2.05, 4.69) is 112 Å². The first-order valence-electron chi connectivity index (χ1n) is 16.0. The number of fused-ring (bicyclic) bond motifs is 12. The van der Waals surface area contributed by atoms with Gasteiger partial charge in [-0.25, -0.2) is 8.42 Å². The van der Waals surface area contributed by atoms with E-state index in [0.717, 1.165) is 56.1 Å². The van der Waals surface area contributed by atoms with Crippen LogP contribution < -0.4 is 9.80 Å². The summed E-state index contributed by atoms with van der Waals surface area (Å²) in [7, 11) is -3.94. The van der Waals surface area contributed by atoms with Crippen LogP contribution in [-0.2, 0) is 15.3 Å². The second-order valence-electron chi connectivity index (χ2n) is 12.3. The van der Waals surface area contributed by atoms with Crippen LogP contribution in [0.1, 0.15) is 22.3 Å². The predicted octanol–water partition coefficient (Wildman–Crippen LogP) is 9.84. The standard InChI is InChI=1S/C42H27N3O2S/c46-48(47)39-21-11-10-20-37(39)45(29-24-26-43-27-25-29)38-23-22-34-40(41(38)48)30-14-4-5-15-31(30)42(34)32-16-6-8-18-35(32)44(28-12-2-1-3-13-28)36-19-9-7-17-33(36)42/h1-27H. The van der Waals surface area contributed by atoms with E-state index in [4.69, 9.17) is 0 Å². The summed E-state index contributed by atoms with van der Waals surface area (Å²) in [6.07, 6.45) is 3.49. The zero-order valence-corrected chi connectivity index (χ0v) is 26.5. The van der Waals surface area contributed by atoms with E-state index in [9.17, 15) is 8.42 Å². The van der Waals surface area contributed by atoms with E-state index in [1.54, 1.807) is 24.5 Å². The van der Waals surface area contributed by atoms with Crippen LogP contribution in [0.25, 0.3) is 11.1 Å². The number of sulfone groups is 1. The molecular weight excluding hydrogens is 611 g/mol. The Labute approximate surface area is 278 Å². The lowest BCUT2D eigenvalue weighted by molar-refractivity contribution is 0.595. The highest BCUT2D eigenvalue weighted by molar-refractivity contribution is 7.92. The Kier molecular flexibility index (Phi) is 5.53. The SMILES string of the molecule is O=S1(=O)c2ccccc2N(c2ccncc2)c2ccc3c(c21)-c1ccccc1C31c2ccccc2N(c2ccccc2)c2ccccc21. The highest BCUT2D eigenvalue weighted by atomic mass is 32.2. The molecule has 1 aromatic heterocycles. The van der Waals surface area contributed by atoms with E-state index in [1.165, 1.54) is 0 Å². The maximum absolute atomic E-state index is 15.0. The molecule has 0 bridgehead atoms. The first-order chi connectivity index (χ1) is 23.6. The zero-order chi connectivity index (χ0) is 32.0. The highest BCUT2D eigenvalue weighted by Crippen LogP contribution is 2.66. The van der Waals surface area contributed by atoms with Gasteiger partial charge in [-0.3, -0.25) is 4.98 Å². The predicted molar refractivity (Wildman–Crippen MR) is 190 cm³/mol. The van der Waals surface area contributed by atoms with Crippen molar-refractivity contribution in [3.8, 4) is 11.1 Å². The molecule has 2 aliphatic heterocycles. The van der Waals surface area contributed by atoms with Crippen LogP contribution in [0.2, 0.25) is 0 Å². The molecule has 0 saturated heterocycles. The second kappa shape index (κ2) is 9.77. The molecule has 0 amide bonds. The maximum atomic E-state index is 15.0. The molecule has 228 valence electrons. The van der Waals surface area contributed by atoms with Crippen LogP contribution in [0, 0.1) is 0 Å². The quantitative estimate of drug-likeness (QED) is 0.189. The number of rotatable bonds is 2. The number of hydrogen-bond acceptors (Lipinski definition) is 5. The zero-order valence-electron chi connectivity index (χ0n) is 25.7. The van der Waals surface area contributed by atoms with Crippen molar-refractivity contribution in [3.63, 3.8) is 0 Å². The molecule has 10 rings (SSSR count). The molecule has 0 atom stereocenters. The van der Waals surface area contributed by atoms with Crippen molar-refractivity contribution in [2.75, 3.05) is 9.80 Å². The fourth-order valence-corrected chi connectivity index (χ4v) is 10.2. The molecule has 6 heteroatoms. The number of benzene rings is 6. The average Bonchev–Trinajstić information content (AvgIpc) is 3.43. The van der Waals surface area contributed by atoms with Gasteiger partial charge in [-0.1, -0.05) is 97.1 Å². The molecular formula is C42H27N3O2S. The highest BCUT2D eigenvalue weighted by Gasteiger charge is 2.54. The molecule has 0 fully saturated rings. The van der Waals surface area contributed by atoms with Crippen LogP contribution in [0.3, 0.4) is 0 Å². The number of para-hydroxylation sites is 4. The summed E-state index contributed by atoms with van der Waals surface area (Å²) in [6, 6.07) is 51.2. The molecule has 0 radical (unpaired) electrons. The van der Waals surface area contributed by atoms with Gasteiger partial charge in [0.05, 0.1) is 33.1 Å². The molecule has 0 unspecified atom stereocenters. The van der Waals surface area contributed by atoms with Gasteiger partial charge in [0.1, 0.15) is 4.90 Å². The molecule has 0 N–H and O–H groups in total. The summed E-state index contributed by atoms with van der Waals surface area (Å²) in [5, 5.41) is 0. The summed E-state index contributed by atoms with van der Waals surface area (Å²) < 4.78 is 30.0. The average molecular weight is 638 g/mol. The lowest BCUT2D eigenvalue weighted by atomic mass is 9.64. The van der Waals surface area contributed by atoms with Gasteiger partial charge < -0.3 is 9.80 Å². The lowest BCUT2D eigenvalue weighted by Gasteiger charge is -2.45. The summed E-state index contributed by atoms with van der Waals surface area (Å²) in [6.45, 7) is 0. The van der Waals surface area contributed by atoms with E-state index in [0.29, 0.717) is 21.2 Å². The van der Waals surface area contributed by atoms with E-state index >= 15 is 0 Å². The van der Waals surface area contributed by atoms with Gasteiger partial charge in [0.2, 0.25) is 9.84 Å². The molecule has 1 aliphatic carbocycles. The van der Waals surface area contributed by atoms with Crippen LogP contribution >= 0.6 is 0 Å². The van der Waals surface area contributed by atoms with Crippen molar-refractivity contribution in [1.29, 1.82) is 0 Å². The minimum Gasteiger partial charge on any atom is -0.310 e. The molecule has 1 spiro atoms. The van der Waals surface area contributed by atoms with Gasteiger partial charge in [0.15, 0.2) is 0 Å². The van der Waals surface area contributed by atoms with Gasteiger partial charge in [-0.2, -0.15) is 0 Å². The Morgan fingerprint density at radius 3 is 1.71 bits per heavy atom. The summed E-state index contributed by atoms with van der Waals surface area (Å²) in [4.78, 5) is 9.26. The van der Waals surface area contributed by atoms with E-state index in [-0.39, 0.29) is 0 Å². The van der Waals surface area contributed by atoms with Gasteiger partial charge in [0, 0.05) is 29.3 Å². The second-order valence-corrected chi connectivity index (χ2v) is 14.2. The number of pyridine rings is 1. The van der Waals surface area contributed by atoms with Crippen LogP contribution in [0.15, 0.2) is 174 Å². The van der Waals surface area contributed by atoms with Gasteiger partial charge in [0.25, 0.3) is 0 Å². The molecule has 48 heavy (non-hydrogen) atoms. The Morgan fingerprint density at radius 1 is 0.458 bits per heavy atom. The summed E-state index contributed by atoms with van der Waals surface area (Å²) >= 11 is 0.